The third-order valence-corrected chi connectivity index (χ3v) is 17.6. The summed E-state index contributed by atoms with van der Waals surface area (Å²) in [5.41, 5.74) is 2.62. The van der Waals surface area contributed by atoms with Crippen molar-refractivity contribution in [3.63, 3.8) is 0 Å². The van der Waals surface area contributed by atoms with Crippen molar-refractivity contribution < 1.29 is 24.9 Å². The third kappa shape index (κ3) is 6.16. The van der Waals surface area contributed by atoms with E-state index in [1.54, 1.807) is 25.3 Å². The van der Waals surface area contributed by atoms with Gasteiger partial charge in [-0.05, 0) is 165 Å². The highest BCUT2D eigenvalue weighted by molar-refractivity contribution is 5.75. The second kappa shape index (κ2) is 13.8. The Labute approximate surface area is 329 Å². The number of carbonyl (C=O) groups is 1. The van der Waals surface area contributed by atoms with E-state index in [9.17, 15) is 25.4 Å². The van der Waals surface area contributed by atoms with Gasteiger partial charge in [0.25, 0.3) is 0 Å². The van der Waals surface area contributed by atoms with Gasteiger partial charge in [0.05, 0.1) is 12.2 Å². The number of β-amino-alcohol motifs (C(OH)–C–C–N with tert-alkyl or cyclic N) is 1. The molecule has 4 fully saturated rings. The first-order valence-corrected chi connectivity index (χ1v) is 21.2. The molecule has 0 radical (unpaired) electrons. The molecule has 1 heterocycles. The number of aliphatic hydroxyl groups is 2. The molecule has 300 valence electrons. The van der Waals surface area contributed by atoms with E-state index in [-0.39, 0.29) is 46.3 Å². The summed E-state index contributed by atoms with van der Waals surface area (Å²) in [6, 6.07) is 5.42. The number of nitrogens with zero attached hydrogens (tertiary/aromatic N) is 2. The molecule has 1 aromatic rings. The highest BCUT2D eigenvalue weighted by Gasteiger charge is 2.70. The molecule has 4 N–H and O–H groups in total. The Morgan fingerprint density at radius 1 is 1.04 bits per heavy atom. The Morgan fingerprint density at radius 2 is 1.80 bits per heavy atom. The van der Waals surface area contributed by atoms with Crippen LogP contribution < -0.4 is 10.1 Å². The number of ether oxygens (including phenoxy) is 1. The predicted octanol–water partition coefficient (Wildman–Crippen LogP) is 8.79. The minimum atomic E-state index is -1.14. The number of allylic oxidation sites excluding steroid dienone is 5. The maximum atomic E-state index is 12.8. The number of aliphatic hydroxyl groups excluding tert-OH is 1. The van der Waals surface area contributed by atoms with Crippen LogP contribution in [0.3, 0.4) is 0 Å². The molecule has 6 aliphatic rings. The lowest BCUT2D eigenvalue weighted by molar-refractivity contribution is -0.221. The average molecular weight is 754 g/mol. The van der Waals surface area contributed by atoms with E-state index in [4.69, 9.17) is 4.74 Å². The van der Waals surface area contributed by atoms with Gasteiger partial charge in [-0.2, -0.15) is 5.26 Å². The summed E-state index contributed by atoms with van der Waals surface area (Å²) >= 11 is 0. The maximum Gasteiger partial charge on any atom is 0.313 e. The number of hydrogen-bond acceptors (Lipinski definition) is 7. The average Bonchev–Trinajstić information content (AvgIpc) is 3.54. The first kappa shape index (κ1) is 40.2. The van der Waals surface area contributed by atoms with Crippen molar-refractivity contribution in [1.82, 2.24) is 10.3 Å². The summed E-state index contributed by atoms with van der Waals surface area (Å²) in [7, 11) is 0. The molecule has 0 amide bonds. The van der Waals surface area contributed by atoms with Crippen LogP contribution in [0.5, 0.6) is 5.88 Å². The lowest BCUT2D eigenvalue weighted by atomic mass is 9.33. The fourth-order valence-corrected chi connectivity index (χ4v) is 14.4. The molecule has 4 saturated carbocycles. The van der Waals surface area contributed by atoms with Crippen LogP contribution in [0, 0.1) is 68.0 Å². The number of hydrogen-bond donors (Lipinski definition) is 4. The van der Waals surface area contributed by atoms with Crippen molar-refractivity contribution >= 4 is 5.97 Å². The van der Waals surface area contributed by atoms with Crippen LogP contribution in [-0.4, -0.2) is 57.2 Å². The molecule has 1 aromatic heterocycles. The van der Waals surface area contributed by atoms with Gasteiger partial charge in [-0.25, -0.2) is 4.98 Å². The smallest absolute Gasteiger partial charge is 0.313 e. The van der Waals surface area contributed by atoms with Gasteiger partial charge >= 0.3 is 5.97 Å². The number of carboxylic acids is 1. The van der Waals surface area contributed by atoms with Crippen molar-refractivity contribution in [2.45, 2.75) is 137 Å². The number of fused-ring (bicyclic) bond motifs is 7. The molecular formula is C47H67N3O5. The molecule has 0 aliphatic heterocycles. The van der Waals surface area contributed by atoms with Crippen LogP contribution in [0.4, 0.5) is 0 Å². The Kier molecular flexibility index (Phi) is 10.1. The number of carboxylic acid groups (broad SMARTS) is 1. The SMILES string of the molecule is C=C(C)[C@@H]1CC[C@]2(NCC(C)(O)CO)CC[C@]3(C)[C@H](CC[C@@H]4[C@@]5(C)CC=C(C6=CC[C@](COc7ncccc7C#N)(C(=O)O)CC6)C(C)(C)[C@@H]5CC[C@]43C)[C@@H]12. The second-order valence-corrected chi connectivity index (χ2v) is 20.7. The number of aromatic nitrogens is 1. The second-order valence-electron chi connectivity index (χ2n) is 20.7. The van der Waals surface area contributed by atoms with Gasteiger partial charge in [-0.3, -0.25) is 4.79 Å². The van der Waals surface area contributed by atoms with Gasteiger partial charge in [0.15, 0.2) is 0 Å². The van der Waals surface area contributed by atoms with Gasteiger partial charge in [-0.15, -0.1) is 0 Å². The van der Waals surface area contributed by atoms with E-state index in [1.165, 1.54) is 48.8 Å². The van der Waals surface area contributed by atoms with Gasteiger partial charge in [0.1, 0.15) is 23.7 Å². The van der Waals surface area contributed by atoms with E-state index < -0.39 is 17.0 Å². The van der Waals surface area contributed by atoms with E-state index in [2.05, 4.69) is 76.6 Å². The standard InChI is InChI=1S/C47H67N3O5/c1-30(2)33-15-22-47(50-27-42(5,54)28-51)24-23-44(7)35(38(33)47)11-12-37-43(6)18-16-34(41(3,4)36(43)17-19-45(37,44)8)31-13-20-46(21-14-31,40(52)53)29-55-39-32(26-48)10-9-25-49-39/h9-10,13,16,25,33,35-38,50-51,54H,1,11-12,14-15,17-24,27-29H2,2-8H3,(H,52,53)/t33-,35+,36-,37+,38+,42?,43-,44+,45+,46-,47-/m0/s1. The number of nitriles is 1. The summed E-state index contributed by atoms with van der Waals surface area (Å²) in [6.45, 7) is 21.5. The van der Waals surface area contributed by atoms with Crippen LogP contribution >= 0.6 is 0 Å². The minimum Gasteiger partial charge on any atom is -0.481 e. The molecular weight excluding hydrogens is 687 g/mol. The monoisotopic (exact) mass is 754 g/mol. The molecule has 7 rings (SSSR count). The summed E-state index contributed by atoms with van der Waals surface area (Å²) < 4.78 is 5.93. The van der Waals surface area contributed by atoms with Crippen molar-refractivity contribution in [3.05, 3.63) is 59.3 Å². The fraction of sp³-hybridized carbons (Fsp3) is 0.723. The summed E-state index contributed by atoms with van der Waals surface area (Å²) in [4.78, 5) is 17.0. The molecule has 0 saturated heterocycles. The Hall–Kier alpha value is -2.99. The maximum absolute atomic E-state index is 12.8. The van der Waals surface area contributed by atoms with Crippen LogP contribution in [0.15, 0.2) is 53.8 Å². The Bertz CT molecular complexity index is 1810. The van der Waals surface area contributed by atoms with Crippen molar-refractivity contribution in [1.29, 1.82) is 5.26 Å². The third-order valence-electron chi connectivity index (χ3n) is 17.6. The van der Waals surface area contributed by atoms with Gasteiger partial charge in [-0.1, -0.05) is 58.9 Å². The first-order valence-electron chi connectivity index (χ1n) is 21.2. The molecule has 0 bridgehead atoms. The highest BCUT2D eigenvalue weighted by atomic mass is 16.5. The lowest BCUT2D eigenvalue weighted by Crippen LogP contribution is -2.68. The number of nitrogens with one attached hydrogen (secondary N) is 1. The lowest BCUT2D eigenvalue weighted by Gasteiger charge is -2.72. The van der Waals surface area contributed by atoms with Crippen LogP contribution in [0.1, 0.15) is 131 Å². The highest BCUT2D eigenvalue weighted by Crippen LogP contribution is 2.76. The van der Waals surface area contributed by atoms with Crippen molar-refractivity contribution in [3.8, 4) is 11.9 Å². The van der Waals surface area contributed by atoms with Crippen LogP contribution in [-0.2, 0) is 4.79 Å². The largest absolute Gasteiger partial charge is 0.481 e. The molecule has 0 aromatic carbocycles. The molecule has 8 heteroatoms. The Morgan fingerprint density at radius 3 is 2.45 bits per heavy atom. The van der Waals surface area contributed by atoms with Crippen LogP contribution in [0.25, 0.3) is 0 Å². The van der Waals surface area contributed by atoms with Crippen LogP contribution in [0.2, 0.25) is 0 Å². The molecule has 8 nitrogen and oxygen atoms in total. The van der Waals surface area contributed by atoms with Gasteiger partial charge < -0.3 is 25.4 Å². The van der Waals surface area contributed by atoms with Crippen molar-refractivity contribution in [2.24, 2.45) is 56.7 Å². The van der Waals surface area contributed by atoms with E-state index >= 15 is 0 Å². The fourth-order valence-electron chi connectivity index (χ4n) is 14.4. The zero-order valence-electron chi connectivity index (χ0n) is 34.6. The predicted molar refractivity (Wildman–Crippen MR) is 215 cm³/mol. The van der Waals surface area contributed by atoms with E-state index in [1.807, 2.05) is 0 Å². The summed E-state index contributed by atoms with van der Waals surface area (Å²) in [5.74, 6) is 2.01. The summed E-state index contributed by atoms with van der Waals surface area (Å²) in [5, 5.41) is 44.6. The molecule has 55 heavy (non-hydrogen) atoms. The number of aliphatic carboxylic acids is 1. The zero-order chi connectivity index (χ0) is 39.8. The zero-order valence-corrected chi connectivity index (χ0v) is 34.6. The Balaban J connectivity index is 1.14. The molecule has 1 unspecified atom stereocenters. The van der Waals surface area contributed by atoms with E-state index in [0.29, 0.717) is 61.0 Å². The normalized spacial score (nSPS) is 41.5. The number of pyridine rings is 1. The molecule has 6 aliphatic carbocycles. The van der Waals surface area contributed by atoms with Gasteiger partial charge in [0, 0.05) is 18.3 Å². The number of rotatable bonds is 10. The van der Waals surface area contributed by atoms with E-state index in [0.717, 1.165) is 25.7 Å². The minimum absolute atomic E-state index is 0.0183. The first-order chi connectivity index (χ1) is 25.8. The molecule has 11 atom stereocenters. The van der Waals surface area contributed by atoms with Crippen molar-refractivity contribution in [2.75, 3.05) is 19.8 Å². The quantitative estimate of drug-likeness (QED) is 0.174. The van der Waals surface area contributed by atoms with Gasteiger partial charge in [0.2, 0.25) is 5.88 Å². The molecule has 0 spiro atoms. The topological polar surface area (TPSA) is 136 Å². The summed E-state index contributed by atoms with van der Waals surface area (Å²) in [6.07, 6.45) is 18.3.